The van der Waals surface area contributed by atoms with E-state index in [0.29, 0.717) is 29.1 Å². The molecule has 2 saturated carbocycles. The van der Waals surface area contributed by atoms with Crippen molar-refractivity contribution in [1.29, 1.82) is 0 Å². The molecular formula is C20H40O7P2. The van der Waals surface area contributed by atoms with Gasteiger partial charge in [0.25, 0.3) is 0 Å². The summed E-state index contributed by atoms with van der Waals surface area (Å²) in [4.78, 5) is 26.7. The van der Waals surface area contributed by atoms with Crippen LogP contribution in [0.25, 0.3) is 0 Å². The molecule has 1 unspecified atom stereocenters. The first-order valence-corrected chi connectivity index (χ1v) is 13.9. The first-order valence-electron chi connectivity index (χ1n) is 10.9. The fraction of sp³-hybridized carbons (Fsp3) is 1.00. The second-order valence-electron chi connectivity index (χ2n) is 10.4. The van der Waals surface area contributed by atoms with E-state index in [1.54, 1.807) is 0 Å². The summed E-state index contributed by atoms with van der Waals surface area (Å²) in [6, 6.07) is 0. The standard InChI is InChI=1S/C20H40O7P2/c1-15(11-14-26-29(24,25)27-28(21,22)23)7-9-17-16(2)8-10-18-19(3,4)12-6-13-20(17,18)5/h15-18H,6-14H2,1-5H3,(H,24,25)(H2,21,22,23)/t15-,16+,17+,18+,20-/m0/s1. The molecule has 0 amide bonds. The summed E-state index contributed by atoms with van der Waals surface area (Å²) in [6.45, 7) is 11.8. The Bertz CT molecular complexity index is 647. The van der Waals surface area contributed by atoms with Crippen LogP contribution in [0.15, 0.2) is 0 Å². The monoisotopic (exact) mass is 454 g/mol. The summed E-state index contributed by atoms with van der Waals surface area (Å²) in [7, 11) is -9.79. The predicted octanol–water partition coefficient (Wildman–Crippen LogP) is 5.90. The van der Waals surface area contributed by atoms with E-state index in [4.69, 9.17) is 14.3 Å². The van der Waals surface area contributed by atoms with Crippen molar-refractivity contribution in [2.24, 2.45) is 34.5 Å². The summed E-state index contributed by atoms with van der Waals surface area (Å²) in [6.07, 6.45) is 9.24. The SMILES string of the molecule is C[C@H](CCOP(=O)(O)OP(=O)(O)O)CC[C@@H]1[C@H](C)CC[C@@H]2C(C)(C)CCC[C@@]12C. The van der Waals surface area contributed by atoms with Crippen molar-refractivity contribution >= 4 is 15.6 Å². The zero-order chi connectivity index (χ0) is 22.1. The van der Waals surface area contributed by atoms with Crippen LogP contribution in [-0.2, 0) is 18.0 Å². The Hall–Kier alpha value is 0.260. The molecule has 0 radical (unpaired) electrons. The zero-order valence-corrected chi connectivity index (χ0v) is 20.3. The van der Waals surface area contributed by atoms with Crippen molar-refractivity contribution in [2.45, 2.75) is 86.0 Å². The maximum atomic E-state index is 11.5. The first-order chi connectivity index (χ1) is 13.2. The van der Waals surface area contributed by atoms with Crippen LogP contribution in [0, 0.1) is 34.5 Å². The molecule has 0 bridgehead atoms. The normalized spacial score (nSPS) is 35.5. The van der Waals surface area contributed by atoms with Crippen LogP contribution in [0.5, 0.6) is 0 Å². The molecule has 9 heteroatoms. The molecule has 2 aliphatic carbocycles. The second-order valence-corrected chi connectivity index (χ2v) is 13.2. The van der Waals surface area contributed by atoms with Gasteiger partial charge in [0.2, 0.25) is 0 Å². The number of hydrogen-bond acceptors (Lipinski definition) is 4. The molecule has 6 atom stereocenters. The van der Waals surface area contributed by atoms with Crippen molar-refractivity contribution in [1.82, 2.24) is 0 Å². The fourth-order valence-corrected chi connectivity index (χ4v) is 7.96. The van der Waals surface area contributed by atoms with Gasteiger partial charge in [-0.1, -0.05) is 53.9 Å². The summed E-state index contributed by atoms with van der Waals surface area (Å²) in [5.41, 5.74) is 0.791. The van der Waals surface area contributed by atoms with Gasteiger partial charge in [0.15, 0.2) is 0 Å². The summed E-state index contributed by atoms with van der Waals surface area (Å²) >= 11 is 0. The molecule has 7 nitrogen and oxygen atoms in total. The van der Waals surface area contributed by atoms with Gasteiger partial charge in [0.05, 0.1) is 6.61 Å². The van der Waals surface area contributed by atoms with Crippen LogP contribution in [0.1, 0.15) is 86.0 Å². The van der Waals surface area contributed by atoms with E-state index in [9.17, 15) is 14.0 Å². The number of phosphoric ester groups is 1. The molecular weight excluding hydrogens is 414 g/mol. The Morgan fingerprint density at radius 1 is 1.07 bits per heavy atom. The molecule has 0 aliphatic heterocycles. The van der Waals surface area contributed by atoms with Crippen molar-refractivity contribution in [3.63, 3.8) is 0 Å². The third kappa shape index (κ3) is 6.87. The molecule has 3 N–H and O–H groups in total. The maximum Gasteiger partial charge on any atom is 0.481 e. The minimum Gasteiger partial charge on any atom is -0.302 e. The van der Waals surface area contributed by atoms with Crippen molar-refractivity contribution in [3.05, 3.63) is 0 Å². The van der Waals surface area contributed by atoms with Crippen LogP contribution in [0.2, 0.25) is 0 Å². The van der Waals surface area contributed by atoms with E-state index in [1.807, 2.05) is 0 Å². The number of fused-ring (bicyclic) bond motifs is 1. The van der Waals surface area contributed by atoms with E-state index in [1.165, 1.54) is 32.1 Å². The van der Waals surface area contributed by atoms with Gasteiger partial charge < -0.3 is 14.7 Å². The highest BCUT2D eigenvalue weighted by Gasteiger charge is 2.53. The average molecular weight is 454 g/mol. The van der Waals surface area contributed by atoms with Crippen LogP contribution in [-0.4, -0.2) is 21.3 Å². The van der Waals surface area contributed by atoms with E-state index >= 15 is 0 Å². The Labute approximate surface area is 175 Å². The van der Waals surface area contributed by atoms with Crippen LogP contribution in [0.4, 0.5) is 0 Å². The van der Waals surface area contributed by atoms with Crippen LogP contribution >= 0.6 is 15.6 Å². The Balaban J connectivity index is 1.87. The molecule has 2 fully saturated rings. The fourth-order valence-electron chi connectivity index (χ4n) is 6.36. The molecule has 0 spiro atoms. The summed E-state index contributed by atoms with van der Waals surface area (Å²) < 4.78 is 30.8. The van der Waals surface area contributed by atoms with E-state index in [-0.39, 0.29) is 12.5 Å². The van der Waals surface area contributed by atoms with Crippen molar-refractivity contribution in [2.75, 3.05) is 6.61 Å². The molecule has 0 aromatic carbocycles. The van der Waals surface area contributed by atoms with E-state index < -0.39 is 15.6 Å². The third-order valence-corrected chi connectivity index (χ3v) is 9.95. The molecule has 0 aromatic heterocycles. The highest BCUT2D eigenvalue weighted by molar-refractivity contribution is 7.60. The van der Waals surface area contributed by atoms with Crippen molar-refractivity contribution < 1.29 is 32.6 Å². The lowest BCUT2D eigenvalue weighted by molar-refractivity contribution is -0.0972. The van der Waals surface area contributed by atoms with Gasteiger partial charge in [-0.25, -0.2) is 9.13 Å². The topological polar surface area (TPSA) is 113 Å². The van der Waals surface area contributed by atoms with Gasteiger partial charge in [-0.3, -0.25) is 4.52 Å². The molecule has 2 aliphatic rings. The smallest absolute Gasteiger partial charge is 0.302 e. The minimum absolute atomic E-state index is 0.0674. The van der Waals surface area contributed by atoms with Gasteiger partial charge in [-0.15, -0.1) is 0 Å². The van der Waals surface area contributed by atoms with E-state index in [0.717, 1.165) is 18.8 Å². The Morgan fingerprint density at radius 3 is 2.34 bits per heavy atom. The first kappa shape index (κ1) is 25.5. The lowest BCUT2D eigenvalue weighted by atomic mass is 9.46. The Kier molecular flexibility index (Phi) is 8.27. The predicted molar refractivity (Wildman–Crippen MR) is 113 cm³/mol. The van der Waals surface area contributed by atoms with Gasteiger partial charge in [-0.05, 0) is 66.6 Å². The van der Waals surface area contributed by atoms with Gasteiger partial charge in [0, 0.05) is 0 Å². The zero-order valence-electron chi connectivity index (χ0n) is 18.5. The van der Waals surface area contributed by atoms with Gasteiger partial charge in [-0.2, -0.15) is 4.31 Å². The lowest BCUT2D eigenvalue weighted by Crippen LogP contribution is -2.51. The summed E-state index contributed by atoms with van der Waals surface area (Å²) in [5.74, 6) is 2.46. The molecule has 0 heterocycles. The van der Waals surface area contributed by atoms with E-state index in [2.05, 4.69) is 38.9 Å². The number of phosphoric acid groups is 2. The third-order valence-electron chi connectivity index (χ3n) is 7.77. The molecule has 2 rings (SSSR count). The number of hydrogen-bond donors (Lipinski definition) is 3. The molecule has 172 valence electrons. The molecule has 0 saturated heterocycles. The van der Waals surface area contributed by atoms with Gasteiger partial charge in [0.1, 0.15) is 0 Å². The van der Waals surface area contributed by atoms with Crippen LogP contribution < -0.4 is 0 Å². The lowest BCUT2D eigenvalue weighted by Gasteiger charge is -2.59. The molecule has 0 aromatic rings. The van der Waals surface area contributed by atoms with Crippen LogP contribution in [0.3, 0.4) is 0 Å². The Morgan fingerprint density at radius 2 is 1.72 bits per heavy atom. The second kappa shape index (κ2) is 9.40. The average Bonchev–Trinajstić information content (AvgIpc) is 2.50. The number of rotatable bonds is 9. The largest absolute Gasteiger partial charge is 0.481 e. The quantitative estimate of drug-likeness (QED) is 0.372. The maximum absolute atomic E-state index is 11.5. The van der Waals surface area contributed by atoms with Gasteiger partial charge >= 0.3 is 15.6 Å². The highest BCUT2D eigenvalue weighted by atomic mass is 31.3. The molecule has 29 heavy (non-hydrogen) atoms. The minimum atomic E-state index is -5.06. The highest BCUT2D eigenvalue weighted by Crippen LogP contribution is 2.62. The summed E-state index contributed by atoms with van der Waals surface area (Å²) in [5, 5.41) is 0. The van der Waals surface area contributed by atoms with Crippen molar-refractivity contribution in [3.8, 4) is 0 Å².